The largest absolute Gasteiger partial charge is 0.493 e. The molecule has 5 rings (SSSR count). The molecule has 12 heteroatoms. The van der Waals surface area contributed by atoms with Gasteiger partial charge in [-0.3, -0.25) is 15.3 Å². The first kappa shape index (κ1) is 29.1. The van der Waals surface area contributed by atoms with Gasteiger partial charge in [0.15, 0.2) is 17.3 Å². The summed E-state index contributed by atoms with van der Waals surface area (Å²) in [5.41, 5.74) is 2.41. The number of nitrogens with zero attached hydrogens (tertiary/aromatic N) is 3. The molecule has 0 unspecified atom stereocenters. The number of methoxy groups -OCH3 is 1. The monoisotopic (exact) mass is 578 g/mol. The summed E-state index contributed by atoms with van der Waals surface area (Å²) in [5.74, 6) is 1.51. The number of carbonyl (C=O) groups excluding carboxylic acids is 1. The van der Waals surface area contributed by atoms with Crippen molar-refractivity contribution in [3.8, 4) is 34.0 Å². The Balaban J connectivity index is 1.21. The van der Waals surface area contributed by atoms with Crippen LogP contribution in [0.2, 0.25) is 0 Å². The lowest BCUT2D eigenvalue weighted by Crippen LogP contribution is -2.38. The maximum absolute atomic E-state index is 14.9. The van der Waals surface area contributed by atoms with E-state index in [1.54, 1.807) is 19.2 Å². The Morgan fingerprint density at radius 1 is 1.05 bits per heavy atom. The number of urea groups is 1. The predicted octanol–water partition coefficient (Wildman–Crippen LogP) is 5.53. The number of ether oxygens (including phenoxy) is 3. The van der Waals surface area contributed by atoms with E-state index < -0.39 is 11.8 Å². The van der Waals surface area contributed by atoms with Gasteiger partial charge in [0.25, 0.3) is 0 Å². The summed E-state index contributed by atoms with van der Waals surface area (Å²) in [6.45, 7) is 10.6. The van der Waals surface area contributed by atoms with Gasteiger partial charge in [0.2, 0.25) is 0 Å². The summed E-state index contributed by atoms with van der Waals surface area (Å²) in [4.78, 5) is 14.7. The zero-order valence-electron chi connectivity index (χ0n) is 24.1. The van der Waals surface area contributed by atoms with Gasteiger partial charge in [-0.1, -0.05) is 32.0 Å². The van der Waals surface area contributed by atoms with Crippen LogP contribution in [-0.4, -0.2) is 72.8 Å². The molecule has 222 valence electrons. The first-order chi connectivity index (χ1) is 20.2. The summed E-state index contributed by atoms with van der Waals surface area (Å²) < 4.78 is 37.1. The molecule has 0 saturated carbocycles. The average Bonchev–Trinajstić information content (AvgIpc) is 3.65. The molecule has 0 radical (unpaired) electrons. The van der Waals surface area contributed by atoms with Gasteiger partial charge in [-0.2, -0.15) is 5.10 Å². The Bertz CT molecular complexity index is 1520. The first-order valence-electron chi connectivity index (χ1n) is 13.7. The summed E-state index contributed by atoms with van der Waals surface area (Å²) in [5, 5.41) is 16.2. The minimum atomic E-state index is -0.639. The quantitative estimate of drug-likeness (QED) is 0.237. The van der Waals surface area contributed by atoms with Crippen LogP contribution < -0.4 is 20.1 Å². The van der Waals surface area contributed by atoms with E-state index in [4.69, 9.17) is 18.7 Å². The fraction of sp³-hybridized carbons (Fsp3) is 0.367. The number of hydrogen-bond donors (Lipinski definition) is 3. The molecule has 2 aromatic heterocycles. The number of carbonyl (C=O) groups is 1. The number of hydrogen-bond acceptors (Lipinski definition) is 8. The van der Waals surface area contributed by atoms with Gasteiger partial charge >= 0.3 is 6.03 Å². The molecule has 3 N–H and O–H groups in total. The molecule has 11 nitrogen and oxygen atoms in total. The fourth-order valence-corrected chi connectivity index (χ4v) is 4.41. The molecule has 0 bridgehead atoms. The molecule has 0 atom stereocenters. The van der Waals surface area contributed by atoms with E-state index in [1.165, 1.54) is 12.1 Å². The Labute approximate surface area is 243 Å². The summed E-state index contributed by atoms with van der Waals surface area (Å²) in [6.07, 6.45) is 0. The Morgan fingerprint density at radius 3 is 2.55 bits per heavy atom. The van der Waals surface area contributed by atoms with Crippen LogP contribution in [0.1, 0.15) is 26.5 Å². The van der Waals surface area contributed by atoms with Crippen LogP contribution in [-0.2, 0) is 10.2 Å². The van der Waals surface area contributed by atoms with Crippen LogP contribution in [0.5, 0.6) is 11.5 Å². The molecule has 1 saturated heterocycles. The minimum Gasteiger partial charge on any atom is -0.493 e. The number of aromatic nitrogens is 3. The normalized spacial score (nSPS) is 14.0. The van der Waals surface area contributed by atoms with E-state index in [2.05, 4.69) is 30.9 Å². The summed E-state index contributed by atoms with van der Waals surface area (Å²) >= 11 is 0. The molecule has 1 aliphatic rings. The molecule has 0 aliphatic carbocycles. The lowest BCUT2D eigenvalue weighted by molar-refractivity contribution is 0.0321. The van der Waals surface area contributed by atoms with Crippen LogP contribution >= 0.6 is 0 Å². The van der Waals surface area contributed by atoms with Crippen molar-refractivity contribution in [3.05, 3.63) is 60.1 Å². The van der Waals surface area contributed by atoms with Gasteiger partial charge in [0.05, 0.1) is 37.4 Å². The zero-order valence-corrected chi connectivity index (χ0v) is 24.1. The molecule has 42 heavy (non-hydrogen) atoms. The maximum atomic E-state index is 14.9. The standard InChI is InChI=1S/C30H35FN6O5/c1-30(2,3)27-18-28(36-42-27)33-29(38)32-22-7-5-19(15-21(22)31)23-17-24(35-34-23)20-6-8-25(26(16-20)39-4)41-14-11-37-9-12-40-13-10-37/h5-8,15-18H,9-14H2,1-4H3,(H,34,35)(H2,32,33,36,38). The number of H-pyrrole nitrogens is 1. The molecular weight excluding hydrogens is 543 g/mol. The first-order valence-corrected chi connectivity index (χ1v) is 13.7. The molecule has 2 aromatic carbocycles. The molecule has 0 spiro atoms. The van der Waals surface area contributed by atoms with Crippen molar-refractivity contribution in [2.45, 2.75) is 26.2 Å². The van der Waals surface area contributed by atoms with E-state index in [-0.39, 0.29) is 16.9 Å². The maximum Gasteiger partial charge on any atom is 0.325 e. The molecule has 3 heterocycles. The summed E-state index contributed by atoms with van der Waals surface area (Å²) in [7, 11) is 1.60. The van der Waals surface area contributed by atoms with Crippen LogP contribution in [0.25, 0.3) is 22.5 Å². The molecule has 1 aliphatic heterocycles. The number of nitrogens with one attached hydrogen (secondary N) is 3. The van der Waals surface area contributed by atoms with Crippen molar-refractivity contribution in [2.24, 2.45) is 0 Å². The van der Waals surface area contributed by atoms with E-state index in [0.29, 0.717) is 35.1 Å². The third-order valence-electron chi connectivity index (χ3n) is 6.83. The van der Waals surface area contributed by atoms with Crippen LogP contribution in [0.3, 0.4) is 0 Å². The third kappa shape index (κ3) is 7.07. The van der Waals surface area contributed by atoms with Crippen molar-refractivity contribution in [1.82, 2.24) is 20.3 Å². The van der Waals surface area contributed by atoms with Gasteiger partial charge in [-0.05, 0) is 36.4 Å². The number of morpholine rings is 1. The highest BCUT2D eigenvalue weighted by atomic mass is 19.1. The van der Waals surface area contributed by atoms with Crippen molar-refractivity contribution in [1.29, 1.82) is 0 Å². The average molecular weight is 579 g/mol. The zero-order chi connectivity index (χ0) is 29.7. The van der Waals surface area contributed by atoms with Gasteiger partial charge in [0, 0.05) is 42.2 Å². The van der Waals surface area contributed by atoms with Crippen molar-refractivity contribution in [3.63, 3.8) is 0 Å². The number of amides is 2. The van der Waals surface area contributed by atoms with E-state index >= 15 is 0 Å². The van der Waals surface area contributed by atoms with E-state index in [9.17, 15) is 9.18 Å². The second kappa shape index (κ2) is 12.6. The summed E-state index contributed by atoms with van der Waals surface area (Å²) in [6, 6.07) is 12.9. The number of anilines is 2. The number of rotatable bonds is 9. The van der Waals surface area contributed by atoms with Crippen LogP contribution in [0.4, 0.5) is 20.7 Å². The van der Waals surface area contributed by atoms with Crippen LogP contribution in [0.15, 0.2) is 53.1 Å². The second-order valence-electron chi connectivity index (χ2n) is 10.9. The topological polar surface area (TPSA) is 127 Å². The fourth-order valence-electron chi connectivity index (χ4n) is 4.41. The highest BCUT2D eigenvalue weighted by Crippen LogP contribution is 2.33. The SMILES string of the molecule is COc1cc(-c2cc(-c3ccc(NC(=O)Nc4cc(C(C)(C)C)on4)c(F)c3)n[nH]2)ccc1OCCN1CCOCC1. The van der Waals surface area contributed by atoms with Crippen LogP contribution in [0, 0.1) is 5.82 Å². The number of benzene rings is 2. The minimum absolute atomic E-state index is 0.0143. The van der Waals surface area contributed by atoms with Crippen molar-refractivity contribution >= 4 is 17.5 Å². The Kier molecular flexibility index (Phi) is 8.74. The predicted molar refractivity (Wildman–Crippen MR) is 157 cm³/mol. The molecule has 4 aromatic rings. The van der Waals surface area contributed by atoms with E-state index in [1.807, 2.05) is 45.0 Å². The van der Waals surface area contributed by atoms with Gasteiger partial charge in [0.1, 0.15) is 18.2 Å². The molecule has 1 fully saturated rings. The second-order valence-corrected chi connectivity index (χ2v) is 10.9. The molecule has 2 amide bonds. The highest BCUT2D eigenvalue weighted by molar-refractivity contribution is 5.99. The van der Waals surface area contributed by atoms with Gasteiger partial charge < -0.3 is 24.1 Å². The Morgan fingerprint density at radius 2 is 1.83 bits per heavy atom. The Hall–Kier alpha value is -4.42. The van der Waals surface area contributed by atoms with Crippen molar-refractivity contribution in [2.75, 3.05) is 57.2 Å². The van der Waals surface area contributed by atoms with E-state index in [0.717, 1.165) is 44.1 Å². The van der Waals surface area contributed by atoms with Gasteiger partial charge in [-0.15, -0.1) is 0 Å². The smallest absolute Gasteiger partial charge is 0.325 e. The molecular formula is C30H35FN6O5. The number of halogens is 1. The number of aromatic amines is 1. The van der Waals surface area contributed by atoms with Crippen molar-refractivity contribution < 1.29 is 27.9 Å². The third-order valence-corrected chi connectivity index (χ3v) is 6.83. The lowest BCUT2D eigenvalue weighted by Gasteiger charge is -2.26. The lowest BCUT2D eigenvalue weighted by atomic mass is 9.93. The van der Waals surface area contributed by atoms with Gasteiger partial charge in [-0.25, -0.2) is 9.18 Å². The highest BCUT2D eigenvalue weighted by Gasteiger charge is 2.21.